The van der Waals surface area contributed by atoms with Gasteiger partial charge in [-0.1, -0.05) is 0 Å². The number of nitrogens with one attached hydrogen (secondary N) is 1. The lowest BCUT2D eigenvalue weighted by molar-refractivity contribution is -0.385. The molecule has 2 rings (SSSR count). The molecule has 1 unspecified atom stereocenters. The van der Waals surface area contributed by atoms with Crippen LogP contribution in [0.25, 0.3) is 0 Å². The summed E-state index contributed by atoms with van der Waals surface area (Å²) in [6, 6.07) is 4.03. The van der Waals surface area contributed by atoms with Crippen LogP contribution >= 0.6 is 0 Å². The van der Waals surface area contributed by atoms with Crippen LogP contribution in [0.3, 0.4) is 0 Å². The van der Waals surface area contributed by atoms with Crippen LogP contribution in [0.5, 0.6) is 0 Å². The van der Waals surface area contributed by atoms with E-state index >= 15 is 0 Å². The molecule has 21 heavy (non-hydrogen) atoms. The molecule has 0 radical (unpaired) electrons. The van der Waals surface area contributed by atoms with E-state index < -0.39 is 10.7 Å². The smallest absolute Gasteiger partial charge is 0.272 e. The molecule has 0 bridgehead atoms. The third-order valence-corrected chi connectivity index (χ3v) is 3.93. The maximum Gasteiger partial charge on any atom is 0.272 e. The minimum atomic E-state index is -0.572. The van der Waals surface area contributed by atoms with Crippen molar-refractivity contribution in [1.82, 2.24) is 5.32 Å². The quantitative estimate of drug-likeness (QED) is 0.670. The van der Waals surface area contributed by atoms with Crippen molar-refractivity contribution in [2.24, 2.45) is 5.92 Å². The number of nitro groups is 1. The Morgan fingerprint density at radius 2 is 2.29 bits per heavy atom. The molecule has 0 spiro atoms. The van der Waals surface area contributed by atoms with Gasteiger partial charge in [0.25, 0.3) is 5.69 Å². The maximum absolute atomic E-state index is 14.2. The van der Waals surface area contributed by atoms with Crippen molar-refractivity contribution in [3.05, 3.63) is 34.1 Å². The van der Waals surface area contributed by atoms with Crippen LogP contribution in [0.1, 0.15) is 26.7 Å². The van der Waals surface area contributed by atoms with Gasteiger partial charge in [0, 0.05) is 18.7 Å². The number of benzene rings is 1. The van der Waals surface area contributed by atoms with Crippen LogP contribution in [0.2, 0.25) is 0 Å². The average Bonchev–Trinajstić information content (AvgIpc) is 2.46. The first-order chi connectivity index (χ1) is 9.99. The van der Waals surface area contributed by atoms with E-state index in [1.54, 1.807) is 0 Å². The number of rotatable bonds is 5. The van der Waals surface area contributed by atoms with Crippen molar-refractivity contribution in [2.75, 3.05) is 24.5 Å². The number of nitro benzene ring substituents is 1. The lowest BCUT2D eigenvalue weighted by Gasteiger charge is -2.34. The fraction of sp³-hybridized carbons (Fsp3) is 0.600. The van der Waals surface area contributed by atoms with Gasteiger partial charge in [-0.05, 0) is 51.8 Å². The molecule has 0 saturated carbocycles. The molecule has 0 amide bonds. The highest BCUT2D eigenvalue weighted by atomic mass is 19.1. The van der Waals surface area contributed by atoms with Gasteiger partial charge in [-0.3, -0.25) is 10.1 Å². The van der Waals surface area contributed by atoms with E-state index in [1.807, 2.05) is 18.7 Å². The third-order valence-electron chi connectivity index (χ3n) is 3.93. The highest BCUT2D eigenvalue weighted by Gasteiger charge is 2.22. The van der Waals surface area contributed by atoms with E-state index in [0.29, 0.717) is 11.6 Å². The number of hydrogen-bond acceptors (Lipinski definition) is 4. The van der Waals surface area contributed by atoms with Gasteiger partial charge in [0.2, 0.25) is 0 Å². The Morgan fingerprint density at radius 1 is 1.52 bits per heavy atom. The predicted octanol–water partition coefficient (Wildman–Crippen LogP) is 2.95. The second kappa shape index (κ2) is 6.85. The fourth-order valence-electron chi connectivity index (χ4n) is 2.79. The first-order valence-corrected chi connectivity index (χ1v) is 7.40. The Kier molecular flexibility index (Phi) is 5.12. The highest BCUT2D eigenvalue weighted by Crippen LogP contribution is 2.27. The van der Waals surface area contributed by atoms with Gasteiger partial charge in [0.1, 0.15) is 0 Å². The summed E-state index contributed by atoms with van der Waals surface area (Å²) in [5, 5.41) is 14.1. The standard InChI is InChI=1S/C15H22FN3O2/c1-11(2)18(10-12-4-3-7-17-9-12)15-6-5-13(19(20)21)8-14(15)16/h5-6,8,11-12,17H,3-4,7,9-10H2,1-2H3. The zero-order valence-electron chi connectivity index (χ0n) is 12.5. The second-order valence-corrected chi connectivity index (χ2v) is 5.85. The van der Waals surface area contributed by atoms with E-state index in [1.165, 1.54) is 12.1 Å². The Labute approximate surface area is 124 Å². The first-order valence-electron chi connectivity index (χ1n) is 7.40. The number of non-ortho nitro benzene ring substituents is 1. The summed E-state index contributed by atoms with van der Waals surface area (Å²) in [5.74, 6) is -0.0441. The number of halogens is 1. The van der Waals surface area contributed by atoms with Crippen LogP contribution in [0.15, 0.2) is 18.2 Å². The summed E-state index contributed by atoms with van der Waals surface area (Å²) in [5.41, 5.74) is 0.237. The van der Waals surface area contributed by atoms with Crippen LogP contribution in [0, 0.1) is 21.8 Å². The number of anilines is 1. The molecule has 1 aromatic carbocycles. The monoisotopic (exact) mass is 295 g/mol. The maximum atomic E-state index is 14.2. The predicted molar refractivity (Wildman–Crippen MR) is 81.1 cm³/mol. The van der Waals surface area contributed by atoms with Gasteiger partial charge in [-0.15, -0.1) is 0 Å². The average molecular weight is 295 g/mol. The molecule has 1 N–H and O–H groups in total. The Hall–Kier alpha value is -1.69. The fourth-order valence-corrected chi connectivity index (χ4v) is 2.79. The largest absolute Gasteiger partial charge is 0.366 e. The highest BCUT2D eigenvalue weighted by molar-refractivity contribution is 5.53. The normalized spacial score (nSPS) is 18.8. The first kappa shape index (κ1) is 15.7. The Balaban J connectivity index is 2.19. The van der Waals surface area contributed by atoms with Crippen molar-refractivity contribution in [3.63, 3.8) is 0 Å². The molecular weight excluding hydrogens is 273 g/mol. The summed E-state index contributed by atoms with van der Waals surface area (Å²) in [6.07, 6.45) is 2.27. The van der Waals surface area contributed by atoms with Gasteiger partial charge >= 0.3 is 0 Å². The van der Waals surface area contributed by atoms with Crippen LogP contribution < -0.4 is 10.2 Å². The molecule has 1 saturated heterocycles. The molecule has 1 atom stereocenters. The van der Waals surface area contributed by atoms with E-state index in [9.17, 15) is 14.5 Å². The summed E-state index contributed by atoms with van der Waals surface area (Å²) >= 11 is 0. The van der Waals surface area contributed by atoms with Gasteiger partial charge < -0.3 is 10.2 Å². The second-order valence-electron chi connectivity index (χ2n) is 5.85. The summed E-state index contributed by atoms with van der Waals surface area (Å²) in [7, 11) is 0. The molecule has 5 nitrogen and oxygen atoms in total. The molecule has 1 fully saturated rings. The molecule has 1 aliphatic heterocycles. The Bertz CT molecular complexity index is 502. The molecule has 6 heteroatoms. The van der Waals surface area contributed by atoms with Crippen molar-refractivity contribution in [3.8, 4) is 0 Å². The number of piperidine rings is 1. The zero-order chi connectivity index (χ0) is 15.4. The van der Waals surface area contributed by atoms with Crippen molar-refractivity contribution < 1.29 is 9.31 Å². The third kappa shape index (κ3) is 3.91. The molecule has 1 aliphatic rings. The molecule has 1 heterocycles. The summed E-state index contributed by atoms with van der Waals surface area (Å²) in [6.45, 7) is 6.77. The number of hydrogen-bond donors (Lipinski definition) is 1. The number of nitrogens with zero attached hydrogens (tertiary/aromatic N) is 2. The topological polar surface area (TPSA) is 58.4 Å². The Morgan fingerprint density at radius 3 is 2.81 bits per heavy atom. The SMILES string of the molecule is CC(C)N(CC1CCCNC1)c1ccc([N+](=O)[O-])cc1F. The van der Waals surface area contributed by atoms with E-state index in [-0.39, 0.29) is 11.7 Å². The van der Waals surface area contributed by atoms with Crippen LogP contribution in [0.4, 0.5) is 15.8 Å². The van der Waals surface area contributed by atoms with Gasteiger partial charge in [0.05, 0.1) is 16.7 Å². The van der Waals surface area contributed by atoms with E-state index in [2.05, 4.69) is 5.32 Å². The molecule has 0 aromatic heterocycles. The van der Waals surface area contributed by atoms with Crippen molar-refractivity contribution in [2.45, 2.75) is 32.7 Å². The van der Waals surface area contributed by atoms with Crippen molar-refractivity contribution in [1.29, 1.82) is 0 Å². The van der Waals surface area contributed by atoms with Crippen molar-refractivity contribution >= 4 is 11.4 Å². The molecule has 116 valence electrons. The van der Waals surface area contributed by atoms with E-state index in [0.717, 1.165) is 38.5 Å². The van der Waals surface area contributed by atoms with Gasteiger partial charge in [0.15, 0.2) is 5.82 Å². The lowest BCUT2D eigenvalue weighted by Crippen LogP contribution is -2.41. The van der Waals surface area contributed by atoms with Gasteiger partial charge in [-0.25, -0.2) is 4.39 Å². The molecule has 0 aliphatic carbocycles. The molecule has 1 aromatic rings. The van der Waals surface area contributed by atoms with Crippen LogP contribution in [-0.4, -0.2) is 30.6 Å². The van der Waals surface area contributed by atoms with E-state index in [4.69, 9.17) is 0 Å². The van der Waals surface area contributed by atoms with Gasteiger partial charge in [-0.2, -0.15) is 0 Å². The minimum absolute atomic E-state index is 0.142. The molecular formula is C15H22FN3O2. The summed E-state index contributed by atoms with van der Waals surface area (Å²) in [4.78, 5) is 12.1. The lowest BCUT2D eigenvalue weighted by atomic mass is 9.98. The zero-order valence-corrected chi connectivity index (χ0v) is 12.5. The van der Waals surface area contributed by atoms with Crippen LogP contribution in [-0.2, 0) is 0 Å². The summed E-state index contributed by atoms with van der Waals surface area (Å²) < 4.78 is 14.2. The minimum Gasteiger partial charge on any atom is -0.366 e.